The molecular formula is C9H5F4N3S. The summed E-state index contributed by atoms with van der Waals surface area (Å²) in [6.45, 7) is 0. The number of hydrogen-bond donors (Lipinski definition) is 1. The van der Waals surface area contributed by atoms with E-state index in [1.54, 1.807) is 0 Å². The molecule has 90 valence electrons. The van der Waals surface area contributed by atoms with E-state index < -0.39 is 28.2 Å². The number of aromatic amines is 1. The zero-order valence-corrected chi connectivity index (χ0v) is 8.94. The van der Waals surface area contributed by atoms with Gasteiger partial charge in [-0.05, 0) is 24.3 Å². The van der Waals surface area contributed by atoms with Crippen molar-refractivity contribution in [2.45, 2.75) is 10.7 Å². The van der Waals surface area contributed by atoms with E-state index in [1.807, 2.05) is 0 Å². The lowest BCUT2D eigenvalue weighted by molar-refractivity contribution is -0.0330. The van der Waals surface area contributed by atoms with Gasteiger partial charge in [-0.1, -0.05) is 0 Å². The minimum Gasteiger partial charge on any atom is -0.258 e. The number of nitrogens with zero attached hydrogens (tertiary/aromatic N) is 2. The molecular weight excluding hydrogens is 258 g/mol. The first kappa shape index (κ1) is 11.9. The molecule has 2 aromatic rings. The molecule has 0 saturated heterocycles. The van der Waals surface area contributed by atoms with Gasteiger partial charge in [0.1, 0.15) is 5.82 Å². The Balaban J connectivity index is 2.21. The maximum absolute atomic E-state index is 12.6. The number of nitrogens with one attached hydrogen (secondary N) is 1. The summed E-state index contributed by atoms with van der Waals surface area (Å²) in [5, 5.41) is 5.35. The lowest BCUT2D eigenvalue weighted by Gasteiger charge is -1.99. The first-order valence-corrected chi connectivity index (χ1v) is 5.20. The van der Waals surface area contributed by atoms with Gasteiger partial charge in [0.25, 0.3) is 0 Å². The fourth-order valence-corrected chi connectivity index (χ4v) is 1.57. The summed E-state index contributed by atoms with van der Waals surface area (Å²) in [5.41, 5.74) is -3.96. The standard InChI is InChI=1S/C9H5F4N3S/c10-6-3-1-5(2-4-6)7-14-8(16-15-7)17-9(11,12)13/h1-4H,(H,14,15,16). The predicted molar refractivity (Wildman–Crippen MR) is 53.7 cm³/mol. The van der Waals surface area contributed by atoms with Crippen molar-refractivity contribution in [3.8, 4) is 11.4 Å². The molecule has 1 aromatic carbocycles. The normalized spacial score (nSPS) is 11.8. The number of rotatable bonds is 2. The van der Waals surface area contributed by atoms with Crippen molar-refractivity contribution in [3.05, 3.63) is 30.1 Å². The highest BCUT2D eigenvalue weighted by Gasteiger charge is 2.31. The molecule has 2 rings (SSSR count). The molecule has 0 saturated carbocycles. The van der Waals surface area contributed by atoms with E-state index in [4.69, 9.17) is 0 Å². The molecule has 0 amide bonds. The Kier molecular flexibility index (Phi) is 3.05. The zero-order chi connectivity index (χ0) is 12.5. The average molecular weight is 263 g/mol. The second kappa shape index (κ2) is 4.36. The molecule has 0 fully saturated rings. The topological polar surface area (TPSA) is 41.6 Å². The smallest absolute Gasteiger partial charge is 0.258 e. The lowest BCUT2D eigenvalue weighted by Crippen LogP contribution is -1.99. The van der Waals surface area contributed by atoms with Crippen LogP contribution in [0.5, 0.6) is 0 Å². The number of benzene rings is 1. The summed E-state index contributed by atoms with van der Waals surface area (Å²) >= 11 is -0.408. The molecule has 3 nitrogen and oxygen atoms in total. The first-order valence-electron chi connectivity index (χ1n) is 4.38. The summed E-state index contributed by atoms with van der Waals surface area (Å²) in [6.07, 6.45) is 0. The van der Waals surface area contributed by atoms with Gasteiger partial charge in [0.05, 0.1) is 0 Å². The molecule has 0 unspecified atom stereocenters. The average Bonchev–Trinajstić information content (AvgIpc) is 2.64. The van der Waals surface area contributed by atoms with Gasteiger partial charge in [0.15, 0.2) is 5.82 Å². The van der Waals surface area contributed by atoms with Crippen LogP contribution >= 0.6 is 11.8 Å². The van der Waals surface area contributed by atoms with E-state index in [0.29, 0.717) is 5.56 Å². The third kappa shape index (κ3) is 3.19. The van der Waals surface area contributed by atoms with Gasteiger partial charge in [-0.3, -0.25) is 5.10 Å². The zero-order valence-electron chi connectivity index (χ0n) is 8.12. The molecule has 0 aliphatic heterocycles. The van der Waals surface area contributed by atoms with E-state index in [0.717, 1.165) is 0 Å². The van der Waals surface area contributed by atoms with Crippen molar-refractivity contribution in [2.75, 3.05) is 0 Å². The lowest BCUT2D eigenvalue weighted by atomic mass is 10.2. The molecule has 8 heteroatoms. The van der Waals surface area contributed by atoms with E-state index >= 15 is 0 Å². The quantitative estimate of drug-likeness (QED) is 0.668. The van der Waals surface area contributed by atoms with Gasteiger partial charge in [-0.2, -0.15) is 13.2 Å². The highest BCUT2D eigenvalue weighted by Crippen LogP contribution is 2.35. The van der Waals surface area contributed by atoms with Crippen LogP contribution in [0.2, 0.25) is 0 Å². The van der Waals surface area contributed by atoms with Crippen LogP contribution in [0.1, 0.15) is 0 Å². The Morgan fingerprint density at radius 2 is 1.76 bits per heavy atom. The summed E-state index contributed by atoms with van der Waals surface area (Å²) in [7, 11) is 0. The van der Waals surface area contributed by atoms with E-state index in [9.17, 15) is 17.6 Å². The van der Waals surface area contributed by atoms with E-state index in [2.05, 4.69) is 15.2 Å². The third-order valence-corrected chi connectivity index (χ3v) is 2.39. The molecule has 0 aliphatic carbocycles. The monoisotopic (exact) mass is 263 g/mol. The summed E-state index contributed by atoms with van der Waals surface area (Å²) in [4.78, 5) is 3.65. The second-order valence-electron chi connectivity index (χ2n) is 3.02. The van der Waals surface area contributed by atoms with Gasteiger partial charge in [0, 0.05) is 17.3 Å². The van der Waals surface area contributed by atoms with Crippen molar-refractivity contribution in [1.82, 2.24) is 15.2 Å². The largest absolute Gasteiger partial charge is 0.449 e. The van der Waals surface area contributed by atoms with Crippen LogP contribution in [-0.4, -0.2) is 20.7 Å². The Morgan fingerprint density at radius 3 is 2.35 bits per heavy atom. The molecule has 0 aliphatic rings. The number of halogens is 4. The maximum atomic E-state index is 12.6. The summed E-state index contributed by atoms with van der Waals surface area (Å²) < 4.78 is 48.7. The number of thioether (sulfide) groups is 1. The van der Waals surface area contributed by atoms with Gasteiger partial charge in [0.2, 0.25) is 5.16 Å². The molecule has 1 N–H and O–H groups in total. The van der Waals surface area contributed by atoms with Crippen molar-refractivity contribution >= 4 is 11.8 Å². The Labute approximate surface area is 97.3 Å². The molecule has 0 radical (unpaired) electrons. The molecule has 0 bridgehead atoms. The highest BCUT2D eigenvalue weighted by molar-refractivity contribution is 8.00. The van der Waals surface area contributed by atoms with Gasteiger partial charge < -0.3 is 0 Å². The molecule has 0 spiro atoms. The van der Waals surface area contributed by atoms with E-state index in [-0.39, 0.29) is 5.82 Å². The number of alkyl halides is 3. The Bertz CT molecular complexity index is 506. The Morgan fingerprint density at radius 1 is 1.12 bits per heavy atom. The van der Waals surface area contributed by atoms with E-state index in [1.165, 1.54) is 24.3 Å². The van der Waals surface area contributed by atoms with Crippen LogP contribution in [-0.2, 0) is 0 Å². The van der Waals surface area contributed by atoms with Crippen LogP contribution in [0.15, 0.2) is 29.4 Å². The van der Waals surface area contributed by atoms with Crippen molar-refractivity contribution in [2.24, 2.45) is 0 Å². The molecule has 1 aromatic heterocycles. The predicted octanol–water partition coefficient (Wildman–Crippen LogP) is 3.22. The van der Waals surface area contributed by atoms with Crippen molar-refractivity contribution in [1.29, 1.82) is 0 Å². The summed E-state index contributed by atoms with van der Waals surface area (Å²) in [6, 6.07) is 5.18. The number of hydrogen-bond acceptors (Lipinski definition) is 3. The van der Waals surface area contributed by atoms with Crippen molar-refractivity contribution < 1.29 is 17.6 Å². The minimum absolute atomic E-state index is 0.164. The Hall–Kier alpha value is -1.57. The number of H-pyrrole nitrogens is 1. The van der Waals surface area contributed by atoms with Crippen LogP contribution in [0.3, 0.4) is 0 Å². The van der Waals surface area contributed by atoms with Crippen LogP contribution in [0.4, 0.5) is 17.6 Å². The van der Waals surface area contributed by atoms with Crippen molar-refractivity contribution in [3.63, 3.8) is 0 Å². The maximum Gasteiger partial charge on any atom is 0.449 e. The first-order chi connectivity index (χ1) is 7.94. The van der Waals surface area contributed by atoms with Gasteiger partial charge in [-0.25, -0.2) is 9.37 Å². The summed E-state index contributed by atoms with van der Waals surface area (Å²) in [5.74, 6) is -0.269. The van der Waals surface area contributed by atoms with Crippen LogP contribution in [0.25, 0.3) is 11.4 Å². The molecule has 17 heavy (non-hydrogen) atoms. The highest BCUT2D eigenvalue weighted by atomic mass is 32.2. The molecule has 1 heterocycles. The SMILES string of the molecule is Fc1ccc(-c2nc(SC(F)(F)F)n[nH]2)cc1. The minimum atomic E-state index is -4.43. The van der Waals surface area contributed by atoms with Crippen LogP contribution < -0.4 is 0 Å². The third-order valence-electron chi connectivity index (χ3n) is 1.79. The van der Waals surface area contributed by atoms with Gasteiger partial charge in [-0.15, -0.1) is 5.10 Å². The fourth-order valence-electron chi connectivity index (χ4n) is 1.13. The number of aromatic nitrogens is 3. The second-order valence-corrected chi connectivity index (χ2v) is 4.05. The molecule has 0 atom stereocenters. The van der Waals surface area contributed by atoms with Gasteiger partial charge >= 0.3 is 5.51 Å². The fraction of sp³-hybridized carbons (Fsp3) is 0.111. The van der Waals surface area contributed by atoms with Crippen LogP contribution in [0, 0.1) is 5.82 Å².